The van der Waals surface area contributed by atoms with Gasteiger partial charge in [-0.25, -0.2) is 4.39 Å². The molecule has 0 saturated carbocycles. The Bertz CT molecular complexity index is 1270. The van der Waals surface area contributed by atoms with E-state index in [1.165, 1.54) is 12.1 Å². The van der Waals surface area contributed by atoms with Crippen molar-refractivity contribution >= 4 is 11.6 Å². The Morgan fingerprint density at radius 3 is 2.06 bits per heavy atom. The predicted octanol–water partition coefficient (Wildman–Crippen LogP) is 4.98. The van der Waals surface area contributed by atoms with Crippen LogP contribution in [0.25, 0.3) is 11.3 Å². The van der Waals surface area contributed by atoms with Gasteiger partial charge in [-0.2, -0.15) is 5.10 Å². The quantitative estimate of drug-likeness (QED) is 0.486. The maximum atomic E-state index is 13.7. The third kappa shape index (κ3) is 3.19. The van der Waals surface area contributed by atoms with E-state index in [0.29, 0.717) is 22.8 Å². The number of rotatable bonds is 5. The van der Waals surface area contributed by atoms with Crippen LogP contribution in [0.1, 0.15) is 27.7 Å². The number of hydrogen-bond acceptors (Lipinski definition) is 4. The van der Waals surface area contributed by atoms with Gasteiger partial charge < -0.3 is 9.47 Å². The molecule has 32 heavy (non-hydrogen) atoms. The molecular weight excluding hydrogens is 409 g/mol. The predicted molar refractivity (Wildman–Crippen MR) is 119 cm³/mol. The van der Waals surface area contributed by atoms with E-state index in [1.807, 2.05) is 36.4 Å². The number of benzene rings is 3. The Morgan fingerprint density at radius 1 is 0.875 bits per heavy atom. The third-order valence-corrected chi connectivity index (χ3v) is 5.67. The summed E-state index contributed by atoms with van der Waals surface area (Å²) < 4.78 is 24.2. The van der Waals surface area contributed by atoms with Crippen molar-refractivity contribution in [2.75, 3.05) is 19.1 Å². The van der Waals surface area contributed by atoms with Crippen LogP contribution < -0.4 is 14.4 Å². The molecule has 1 aliphatic rings. The maximum Gasteiger partial charge on any atom is 0.277 e. The van der Waals surface area contributed by atoms with E-state index in [0.717, 1.165) is 22.4 Å². The zero-order valence-corrected chi connectivity index (χ0v) is 17.5. The average molecular weight is 429 g/mol. The lowest BCUT2D eigenvalue weighted by atomic mass is 9.96. The van der Waals surface area contributed by atoms with Crippen molar-refractivity contribution in [2.45, 2.75) is 6.04 Å². The Labute approximate surface area is 184 Å². The molecule has 0 fully saturated rings. The van der Waals surface area contributed by atoms with E-state index in [2.05, 4.69) is 10.2 Å². The molecular formula is C25H20FN3O3. The molecule has 4 aromatic rings. The molecule has 5 rings (SSSR count). The number of halogens is 1. The zero-order valence-electron chi connectivity index (χ0n) is 17.5. The molecule has 3 aromatic carbocycles. The number of fused-ring (bicyclic) bond motifs is 1. The van der Waals surface area contributed by atoms with Gasteiger partial charge in [0.15, 0.2) is 0 Å². The second-order valence-corrected chi connectivity index (χ2v) is 7.42. The van der Waals surface area contributed by atoms with Gasteiger partial charge in [0.1, 0.15) is 23.0 Å². The monoisotopic (exact) mass is 429 g/mol. The van der Waals surface area contributed by atoms with Gasteiger partial charge in [-0.15, -0.1) is 0 Å². The zero-order chi connectivity index (χ0) is 22.2. The highest BCUT2D eigenvalue weighted by Crippen LogP contribution is 2.45. The van der Waals surface area contributed by atoms with E-state index in [-0.39, 0.29) is 11.7 Å². The first-order valence-electron chi connectivity index (χ1n) is 10.1. The molecule has 7 heteroatoms. The fourth-order valence-corrected chi connectivity index (χ4v) is 4.09. The van der Waals surface area contributed by atoms with Crippen LogP contribution in [0, 0.1) is 5.82 Å². The van der Waals surface area contributed by atoms with E-state index < -0.39 is 6.04 Å². The minimum atomic E-state index is -0.470. The fourth-order valence-electron chi connectivity index (χ4n) is 4.09. The number of carbonyl (C=O) groups excluding carboxylic acids is 1. The molecule has 0 aliphatic carbocycles. The van der Waals surface area contributed by atoms with Crippen molar-refractivity contribution in [1.82, 2.24) is 10.2 Å². The first kappa shape index (κ1) is 19.8. The van der Waals surface area contributed by atoms with Crippen LogP contribution in [0.15, 0.2) is 72.8 Å². The topological polar surface area (TPSA) is 67.4 Å². The molecule has 1 amide bonds. The number of carbonyl (C=O) groups is 1. The number of aromatic amines is 1. The van der Waals surface area contributed by atoms with Crippen LogP contribution in [-0.4, -0.2) is 30.3 Å². The molecule has 2 heterocycles. The molecule has 1 aromatic heterocycles. The van der Waals surface area contributed by atoms with E-state index in [4.69, 9.17) is 9.47 Å². The number of hydrogen-bond donors (Lipinski definition) is 1. The SMILES string of the molecule is COc1ccc(-c2n[nH]c3c2C(c2ccc(F)cc2)N(c2ccc(OC)cc2)C3=O)cc1. The summed E-state index contributed by atoms with van der Waals surface area (Å²) in [5.74, 6) is 0.883. The fraction of sp³-hybridized carbons (Fsp3) is 0.120. The first-order chi connectivity index (χ1) is 15.6. The Hall–Kier alpha value is -4.13. The summed E-state index contributed by atoms with van der Waals surface area (Å²) in [7, 11) is 3.20. The third-order valence-electron chi connectivity index (χ3n) is 5.67. The highest BCUT2D eigenvalue weighted by Gasteiger charge is 2.43. The molecule has 1 aliphatic heterocycles. The minimum absolute atomic E-state index is 0.202. The van der Waals surface area contributed by atoms with Crippen molar-refractivity contribution < 1.29 is 18.7 Å². The summed E-state index contributed by atoms with van der Waals surface area (Å²) >= 11 is 0. The van der Waals surface area contributed by atoms with Crippen molar-refractivity contribution in [2.24, 2.45) is 0 Å². The standard InChI is InChI=1S/C25H20FN3O3/c1-31-19-11-5-15(6-12-19)22-21-23(28-27-22)25(30)29(18-9-13-20(32-2)14-10-18)24(21)16-3-7-17(26)8-4-16/h3-14,24H,1-2H3,(H,27,28). The number of aromatic nitrogens is 2. The Morgan fingerprint density at radius 2 is 1.47 bits per heavy atom. The molecule has 1 atom stereocenters. The number of methoxy groups -OCH3 is 2. The normalized spacial score (nSPS) is 15.0. The summed E-state index contributed by atoms with van der Waals surface area (Å²) in [6.07, 6.45) is 0. The lowest BCUT2D eigenvalue weighted by Crippen LogP contribution is -2.29. The first-order valence-corrected chi connectivity index (χ1v) is 10.1. The second kappa shape index (κ2) is 7.85. The molecule has 0 bridgehead atoms. The Balaban J connectivity index is 1.67. The molecule has 160 valence electrons. The molecule has 1 unspecified atom stereocenters. The van der Waals surface area contributed by atoms with Crippen molar-refractivity contribution in [3.8, 4) is 22.8 Å². The van der Waals surface area contributed by atoms with Gasteiger partial charge in [-0.3, -0.25) is 14.8 Å². The Kier molecular flexibility index (Phi) is 4.86. The summed E-state index contributed by atoms with van der Waals surface area (Å²) in [6, 6.07) is 20.5. The smallest absolute Gasteiger partial charge is 0.277 e. The number of amides is 1. The summed E-state index contributed by atoms with van der Waals surface area (Å²) in [6.45, 7) is 0. The molecule has 0 saturated heterocycles. The van der Waals surface area contributed by atoms with Crippen LogP contribution in [-0.2, 0) is 0 Å². The van der Waals surface area contributed by atoms with Crippen LogP contribution in [0.3, 0.4) is 0 Å². The molecule has 0 spiro atoms. The maximum absolute atomic E-state index is 13.7. The number of nitrogens with zero attached hydrogens (tertiary/aromatic N) is 2. The number of anilines is 1. The van der Waals surface area contributed by atoms with Gasteiger partial charge in [0, 0.05) is 16.8 Å². The van der Waals surface area contributed by atoms with Gasteiger partial charge in [0.2, 0.25) is 0 Å². The molecule has 0 radical (unpaired) electrons. The van der Waals surface area contributed by atoms with Gasteiger partial charge >= 0.3 is 0 Å². The number of nitrogens with one attached hydrogen (secondary N) is 1. The lowest BCUT2D eigenvalue weighted by Gasteiger charge is -2.26. The van der Waals surface area contributed by atoms with E-state index in [9.17, 15) is 9.18 Å². The van der Waals surface area contributed by atoms with Gasteiger partial charge in [0.05, 0.1) is 26.0 Å². The van der Waals surface area contributed by atoms with Crippen molar-refractivity contribution in [3.05, 3.63) is 95.4 Å². The van der Waals surface area contributed by atoms with Crippen LogP contribution in [0.5, 0.6) is 11.5 Å². The van der Waals surface area contributed by atoms with E-state index >= 15 is 0 Å². The lowest BCUT2D eigenvalue weighted by molar-refractivity contribution is 0.0988. The van der Waals surface area contributed by atoms with Gasteiger partial charge in [0.25, 0.3) is 5.91 Å². The number of H-pyrrole nitrogens is 1. The molecule has 6 nitrogen and oxygen atoms in total. The summed E-state index contributed by atoms with van der Waals surface area (Å²) in [5, 5.41) is 7.38. The van der Waals surface area contributed by atoms with E-state index in [1.54, 1.807) is 43.4 Å². The largest absolute Gasteiger partial charge is 0.497 e. The number of ether oxygens (including phenoxy) is 2. The summed E-state index contributed by atoms with van der Waals surface area (Å²) in [5.41, 5.74) is 4.17. The molecule has 1 N–H and O–H groups in total. The van der Waals surface area contributed by atoms with Gasteiger partial charge in [-0.05, 0) is 66.2 Å². The highest BCUT2D eigenvalue weighted by atomic mass is 19.1. The van der Waals surface area contributed by atoms with Gasteiger partial charge in [-0.1, -0.05) is 12.1 Å². The minimum Gasteiger partial charge on any atom is -0.497 e. The summed E-state index contributed by atoms with van der Waals surface area (Å²) in [4.78, 5) is 15.2. The van der Waals surface area contributed by atoms with Crippen molar-refractivity contribution in [3.63, 3.8) is 0 Å². The van der Waals surface area contributed by atoms with Crippen molar-refractivity contribution in [1.29, 1.82) is 0 Å². The highest BCUT2D eigenvalue weighted by molar-refractivity contribution is 6.11. The average Bonchev–Trinajstić information content (AvgIpc) is 3.39. The second-order valence-electron chi connectivity index (χ2n) is 7.42. The van der Waals surface area contributed by atoms with Crippen LogP contribution >= 0.6 is 0 Å². The van der Waals surface area contributed by atoms with Crippen LogP contribution in [0.2, 0.25) is 0 Å². The van der Waals surface area contributed by atoms with Crippen LogP contribution in [0.4, 0.5) is 10.1 Å².